The molecule has 0 heterocycles. The van der Waals surface area contributed by atoms with Gasteiger partial charge >= 0.3 is 26.2 Å². The average Bonchev–Trinajstić information content (AvgIpc) is 3.48. The van der Waals surface area contributed by atoms with Crippen molar-refractivity contribution in [3.8, 4) is 11.8 Å². The number of rotatable bonds is 0. The maximum absolute atomic E-state index is 6.69. The van der Waals surface area contributed by atoms with Gasteiger partial charge < -0.3 is 12.8 Å². The number of benzene rings is 2. The summed E-state index contributed by atoms with van der Waals surface area (Å²) in [5, 5.41) is 0. The van der Waals surface area contributed by atoms with Crippen LogP contribution in [0.1, 0.15) is 11.1 Å². The van der Waals surface area contributed by atoms with Crippen molar-refractivity contribution in [1.82, 2.24) is 0 Å². The molecule has 2 aliphatic carbocycles. The zero-order valence-electron chi connectivity index (χ0n) is 15.0. The minimum atomic E-state index is 0. The normalized spacial score (nSPS) is 13.6. The van der Waals surface area contributed by atoms with E-state index in [4.69, 9.17) is 12.8 Å². The predicted octanol–water partition coefficient (Wildman–Crippen LogP) is 5.29. The summed E-state index contributed by atoms with van der Waals surface area (Å²) in [6.07, 6.45) is 33.4. The first-order valence-electron chi connectivity index (χ1n) is 8.15. The van der Waals surface area contributed by atoms with Gasteiger partial charge in [0.25, 0.3) is 0 Å². The van der Waals surface area contributed by atoms with Crippen LogP contribution in [0.15, 0.2) is 60.7 Å². The molecule has 0 N–H and O–H groups in total. The van der Waals surface area contributed by atoms with Gasteiger partial charge in [0, 0.05) is 0 Å². The fourth-order valence-electron chi connectivity index (χ4n) is 1.68. The molecule has 0 aliphatic heterocycles. The zero-order valence-corrected chi connectivity index (χ0v) is 17.5. The van der Waals surface area contributed by atoms with Gasteiger partial charge in [-0.15, -0.1) is 35.4 Å². The topological polar surface area (TPSA) is 0 Å². The molecule has 4 rings (SSSR count). The molecule has 0 bridgehead atoms. The molecular weight excluding hydrogens is 404 g/mol. The van der Waals surface area contributed by atoms with Crippen LogP contribution >= 0.6 is 0 Å². The maximum Gasteiger partial charge on any atom is 2.00 e. The van der Waals surface area contributed by atoms with Crippen LogP contribution in [0.4, 0.5) is 0 Å². The molecule has 128 valence electrons. The van der Waals surface area contributed by atoms with Gasteiger partial charge in [-0.05, 0) is 64.2 Å². The second-order valence-electron chi connectivity index (χ2n) is 4.91. The minimum absolute atomic E-state index is 0. The number of hydrogen-bond acceptors (Lipinski definition) is 0. The van der Waals surface area contributed by atoms with Gasteiger partial charge in [0.1, 0.15) is 0 Å². The molecule has 2 aromatic rings. The Morgan fingerprint density at radius 1 is 0.407 bits per heavy atom. The van der Waals surface area contributed by atoms with Gasteiger partial charge in [0.15, 0.2) is 0 Å². The summed E-state index contributed by atoms with van der Waals surface area (Å²) in [6.45, 7) is 0. The van der Waals surface area contributed by atoms with E-state index < -0.39 is 0 Å². The van der Waals surface area contributed by atoms with Crippen molar-refractivity contribution in [2.75, 3.05) is 0 Å². The molecule has 0 saturated heterocycles. The molecule has 0 aromatic heterocycles. The monoisotopic (exact) mass is 422 g/mol. The van der Waals surface area contributed by atoms with E-state index in [0.29, 0.717) is 0 Å². The fourth-order valence-corrected chi connectivity index (χ4v) is 1.68. The largest absolute Gasteiger partial charge is 2.00 e. The quantitative estimate of drug-likeness (QED) is 0.399. The maximum atomic E-state index is 6.69. The fraction of sp³-hybridized carbons (Fsp3) is 0. The molecule has 2 aromatic carbocycles. The van der Waals surface area contributed by atoms with Crippen LogP contribution in [0.25, 0.3) is 0 Å². The molecule has 2 aliphatic rings. The molecule has 0 atom stereocenters. The summed E-state index contributed by atoms with van der Waals surface area (Å²) >= 11 is 0. The standard InChI is InChI=1S/2C8H5.2C5H5.Zr/c2*1-2-8-6-4-3-5-7-8;2*1-2-4-5-3-1;/h2*3-7H;2*1-5H;/q2*-1;;;+2. The van der Waals surface area contributed by atoms with Gasteiger partial charge in [-0.3, -0.25) is 11.8 Å². The third-order valence-corrected chi connectivity index (χ3v) is 2.95. The van der Waals surface area contributed by atoms with Gasteiger partial charge in [0.2, 0.25) is 0 Å². The second kappa shape index (κ2) is 19.2. The van der Waals surface area contributed by atoms with Gasteiger partial charge in [-0.2, -0.15) is 0 Å². The minimum Gasteiger partial charge on any atom is -0.366 e. The molecule has 0 amide bonds. The first-order valence-corrected chi connectivity index (χ1v) is 8.15. The van der Waals surface area contributed by atoms with Gasteiger partial charge in [0.05, 0.1) is 0 Å². The molecule has 0 unspecified atom stereocenters. The third-order valence-electron chi connectivity index (χ3n) is 2.95. The summed E-state index contributed by atoms with van der Waals surface area (Å²) in [6, 6.07) is 18.7. The molecule has 10 radical (unpaired) electrons. The van der Waals surface area contributed by atoms with Crippen LogP contribution in [0.2, 0.25) is 0 Å². The van der Waals surface area contributed by atoms with Crippen molar-refractivity contribution >= 4 is 0 Å². The Morgan fingerprint density at radius 2 is 0.630 bits per heavy atom. The van der Waals surface area contributed by atoms with E-state index in [-0.39, 0.29) is 26.2 Å². The summed E-state index contributed by atoms with van der Waals surface area (Å²) in [7, 11) is 0. The Balaban J connectivity index is 0.000000337. The molecule has 0 nitrogen and oxygen atoms in total. The molecule has 2 fully saturated rings. The van der Waals surface area contributed by atoms with E-state index in [1.807, 2.05) is 125 Å². The van der Waals surface area contributed by atoms with Crippen molar-refractivity contribution in [2.24, 2.45) is 0 Å². The smallest absolute Gasteiger partial charge is 0.366 e. The molecule has 0 spiro atoms. The molecule has 1 heteroatoms. The Kier molecular flexibility index (Phi) is 18.1. The van der Waals surface area contributed by atoms with Crippen LogP contribution in [0, 0.1) is 88.9 Å². The van der Waals surface area contributed by atoms with Crippen LogP contribution in [-0.2, 0) is 26.2 Å². The average molecular weight is 424 g/mol. The van der Waals surface area contributed by atoms with E-state index in [2.05, 4.69) is 11.8 Å². The second-order valence-corrected chi connectivity index (χ2v) is 4.91. The SMILES string of the molecule is [C-]#Cc1ccccc1.[C-]#Cc1ccccc1.[CH]1[CH][CH][CH][CH]1.[CH]1[CH][CH][CH][CH]1.[Zr+2]. The van der Waals surface area contributed by atoms with Crippen molar-refractivity contribution in [1.29, 1.82) is 0 Å². The van der Waals surface area contributed by atoms with E-state index in [1.165, 1.54) is 0 Å². The van der Waals surface area contributed by atoms with Crippen LogP contribution < -0.4 is 0 Å². The van der Waals surface area contributed by atoms with E-state index in [1.54, 1.807) is 0 Å². The van der Waals surface area contributed by atoms with Crippen LogP contribution in [-0.4, -0.2) is 0 Å². The van der Waals surface area contributed by atoms with Crippen molar-refractivity contribution in [2.45, 2.75) is 0 Å². The Labute approximate surface area is 186 Å². The predicted molar refractivity (Wildman–Crippen MR) is 108 cm³/mol. The first kappa shape index (κ1) is 25.4. The van der Waals surface area contributed by atoms with Crippen molar-refractivity contribution in [3.05, 3.63) is 149 Å². The van der Waals surface area contributed by atoms with E-state index in [0.717, 1.165) is 11.1 Å². The van der Waals surface area contributed by atoms with Gasteiger partial charge in [-0.1, -0.05) is 36.4 Å². The Hall–Kier alpha value is -1.56. The molecule has 2 saturated carbocycles. The molecule has 27 heavy (non-hydrogen) atoms. The number of hydrogen-bond donors (Lipinski definition) is 0. The van der Waals surface area contributed by atoms with Gasteiger partial charge in [-0.25, -0.2) is 0 Å². The Morgan fingerprint density at radius 3 is 0.778 bits per heavy atom. The first-order chi connectivity index (χ1) is 12.9. The summed E-state index contributed by atoms with van der Waals surface area (Å²) < 4.78 is 0. The van der Waals surface area contributed by atoms with Crippen molar-refractivity contribution < 1.29 is 26.2 Å². The Bertz CT molecular complexity index is 549. The van der Waals surface area contributed by atoms with Crippen molar-refractivity contribution in [3.63, 3.8) is 0 Å². The summed E-state index contributed by atoms with van der Waals surface area (Å²) in [4.78, 5) is 0. The zero-order chi connectivity index (χ0) is 18.7. The van der Waals surface area contributed by atoms with Crippen LogP contribution in [0.5, 0.6) is 0 Å². The summed E-state index contributed by atoms with van der Waals surface area (Å²) in [5.74, 6) is 4.55. The van der Waals surface area contributed by atoms with E-state index >= 15 is 0 Å². The van der Waals surface area contributed by atoms with E-state index in [9.17, 15) is 0 Å². The third kappa shape index (κ3) is 15.2. The van der Waals surface area contributed by atoms with Crippen LogP contribution in [0.3, 0.4) is 0 Å². The summed E-state index contributed by atoms with van der Waals surface area (Å²) in [5.41, 5.74) is 1.65. The molecular formula is C26H20Zr.